The number of benzene rings is 1. The quantitative estimate of drug-likeness (QED) is 0.866. The van der Waals surface area contributed by atoms with Gasteiger partial charge in [-0.1, -0.05) is 36.4 Å². The number of amides is 2. The van der Waals surface area contributed by atoms with Crippen LogP contribution in [0.4, 0.5) is 5.00 Å². The van der Waals surface area contributed by atoms with E-state index >= 15 is 0 Å². The Hall–Kier alpha value is -2.44. The van der Waals surface area contributed by atoms with E-state index in [2.05, 4.69) is 28.4 Å². The summed E-state index contributed by atoms with van der Waals surface area (Å²) in [4.78, 5) is 26.0. The van der Waals surface area contributed by atoms with E-state index in [4.69, 9.17) is 5.73 Å². The van der Waals surface area contributed by atoms with Gasteiger partial charge < -0.3 is 11.1 Å². The summed E-state index contributed by atoms with van der Waals surface area (Å²) in [6.07, 6.45) is 3.09. The molecule has 1 aromatic heterocycles. The molecule has 2 heterocycles. The molecule has 6 heteroatoms. The summed E-state index contributed by atoms with van der Waals surface area (Å²) in [5.41, 5.74) is 8.24. The smallest absolute Gasteiger partial charge is 0.251 e. The lowest BCUT2D eigenvalue weighted by Gasteiger charge is -2.31. The maximum atomic E-state index is 12.5. The third kappa shape index (κ3) is 3.97. The second kappa shape index (κ2) is 7.63. The Morgan fingerprint density at radius 2 is 2.00 bits per heavy atom. The molecule has 2 aromatic rings. The molecule has 0 radical (unpaired) electrons. The normalized spacial score (nSPS) is 16.1. The van der Waals surface area contributed by atoms with Crippen molar-refractivity contribution < 1.29 is 9.59 Å². The van der Waals surface area contributed by atoms with E-state index < -0.39 is 5.91 Å². The summed E-state index contributed by atoms with van der Waals surface area (Å²) in [5, 5.41) is 5.09. The highest BCUT2D eigenvalue weighted by Crippen LogP contribution is 2.25. The number of anilines is 1. The largest absolute Gasteiger partial charge is 0.366 e. The third-order valence-corrected chi connectivity index (χ3v) is 5.31. The van der Waals surface area contributed by atoms with Crippen molar-refractivity contribution >= 4 is 33.7 Å². The molecule has 0 spiro atoms. The lowest BCUT2D eigenvalue weighted by Crippen LogP contribution is -2.44. The molecule has 1 aliphatic heterocycles. The van der Waals surface area contributed by atoms with Crippen LogP contribution in [0, 0.1) is 0 Å². The van der Waals surface area contributed by atoms with Gasteiger partial charge in [-0.05, 0) is 35.9 Å². The molecule has 130 valence electrons. The number of carbonyl (C=O) groups excluding carboxylic acids is 2. The standard InChI is InChI=1S/C19H21N3O2S/c1-13(18(24)21-19-16(17(20)23)9-12-25-19)22-10-7-15(8-11-22)14-5-3-2-4-6-14/h2-7,9,12-13H,8,10-11H2,1H3,(H2,20,23)(H,21,24)/t13-/m1/s1. The fourth-order valence-corrected chi connectivity index (χ4v) is 3.73. The Balaban J connectivity index is 1.63. The average molecular weight is 355 g/mol. The van der Waals surface area contributed by atoms with Crippen LogP contribution in [-0.4, -0.2) is 35.8 Å². The highest BCUT2D eigenvalue weighted by Gasteiger charge is 2.24. The maximum Gasteiger partial charge on any atom is 0.251 e. The van der Waals surface area contributed by atoms with E-state index in [-0.39, 0.29) is 11.9 Å². The number of hydrogen-bond donors (Lipinski definition) is 2. The predicted molar refractivity (Wildman–Crippen MR) is 102 cm³/mol. The number of thiophene rings is 1. The van der Waals surface area contributed by atoms with Crippen LogP contribution in [0.2, 0.25) is 0 Å². The molecule has 5 nitrogen and oxygen atoms in total. The molecule has 1 aromatic carbocycles. The van der Waals surface area contributed by atoms with Gasteiger partial charge in [0, 0.05) is 13.1 Å². The topological polar surface area (TPSA) is 75.4 Å². The molecule has 0 saturated carbocycles. The van der Waals surface area contributed by atoms with Crippen molar-refractivity contribution in [1.29, 1.82) is 0 Å². The van der Waals surface area contributed by atoms with Crippen molar-refractivity contribution in [2.45, 2.75) is 19.4 Å². The number of primary amides is 1. The molecule has 2 amide bonds. The minimum Gasteiger partial charge on any atom is -0.366 e. The van der Waals surface area contributed by atoms with Crippen LogP contribution in [0.1, 0.15) is 29.3 Å². The van der Waals surface area contributed by atoms with Crippen molar-refractivity contribution in [2.24, 2.45) is 5.73 Å². The number of nitrogens with two attached hydrogens (primary N) is 1. The number of hydrogen-bond acceptors (Lipinski definition) is 4. The van der Waals surface area contributed by atoms with Gasteiger partial charge in [0.05, 0.1) is 11.6 Å². The Labute approximate surface area is 151 Å². The predicted octanol–water partition coefficient (Wildman–Crippen LogP) is 2.96. The minimum absolute atomic E-state index is 0.124. The highest BCUT2D eigenvalue weighted by atomic mass is 32.1. The first-order valence-corrected chi connectivity index (χ1v) is 9.11. The van der Waals surface area contributed by atoms with Crippen LogP contribution in [-0.2, 0) is 4.79 Å². The van der Waals surface area contributed by atoms with Crippen LogP contribution >= 0.6 is 11.3 Å². The van der Waals surface area contributed by atoms with E-state index in [0.717, 1.165) is 19.5 Å². The summed E-state index contributed by atoms with van der Waals surface area (Å²) in [5.74, 6) is -0.654. The molecule has 0 unspecified atom stereocenters. The van der Waals surface area contributed by atoms with Crippen molar-refractivity contribution in [2.75, 3.05) is 18.4 Å². The summed E-state index contributed by atoms with van der Waals surface area (Å²) < 4.78 is 0. The highest BCUT2D eigenvalue weighted by molar-refractivity contribution is 7.14. The third-order valence-electron chi connectivity index (χ3n) is 4.48. The molecule has 0 saturated heterocycles. The van der Waals surface area contributed by atoms with Gasteiger partial charge in [0.15, 0.2) is 0 Å². The van der Waals surface area contributed by atoms with Gasteiger partial charge in [-0.15, -0.1) is 11.3 Å². The van der Waals surface area contributed by atoms with Crippen molar-refractivity contribution in [3.05, 3.63) is 59.0 Å². The summed E-state index contributed by atoms with van der Waals surface area (Å²) in [6, 6.07) is 11.7. The zero-order valence-corrected chi connectivity index (χ0v) is 14.9. The molecule has 0 fully saturated rings. The number of nitrogens with one attached hydrogen (secondary N) is 1. The molecule has 3 N–H and O–H groups in total. The van der Waals surface area contributed by atoms with Gasteiger partial charge in [-0.25, -0.2) is 0 Å². The van der Waals surface area contributed by atoms with Gasteiger partial charge in [0.25, 0.3) is 5.91 Å². The van der Waals surface area contributed by atoms with Crippen LogP contribution in [0.5, 0.6) is 0 Å². The monoisotopic (exact) mass is 355 g/mol. The minimum atomic E-state index is -0.530. The molecular weight excluding hydrogens is 334 g/mol. The van der Waals surface area contributed by atoms with Crippen LogP contribution in [0.15, 0.2) is 47.9 Å². The van der Waals surface area contributed by atoms with E-state index in [0.29, 0.717) is 10.6 Å². The first-order chi connectivity index (χ1) is 12.1. The van der Waals surface area contributed by atoms with Gasteiger partial charge in [-0.3, -0.25) is 14.5 Å². The van der Waals surface area contributed by atoms with Gasteiger partial charge >= 0.3 is 0 Å². The molecule has 0 aliphatic carbocycles. The Morgan fingerprint density at radius 3 is 2.64 bits per heavy atom. The lowest BCUT2D eigenvalue weighted by atomic mass is 9.99. The Kier molecular flexibility index (Phi) is 5.31. The molecule has 25 heavy (non-hydrogen) atoms. The molecule has 0 bridgehead atoms. The Morgan fingerprint density at radius 1 is 1.24 bits per heavy atom. The fourth-order valence-electron chi connectivity index (χ4n) is 2.93. The second-order valence-corrected chi connectivity index (χ2v) is 6.95. The summed E-state index contributed by atoms with van der Waals surface area (Å²) >= 11 is 1.30. The van der Waals surface area contributed by atoms with Gasteiger partial charge in [-0.2, -0.15) is 0 Å². The van der Waals surface area contributed by atoms with Gasteiger partial charge in [0.1, 0.15) is 5.00 Å². The zero-order chi connectivity index (χ0) is 17.8. The van der Waals surface area contributed by atoms with Crippen molar-refractivity contribution in [1.82, 2.24) is 4.90 Å². The fraction of sp³-hybridized carbons (Fsp3) is 0.263. The molecule has 1 aliphatic rings. The maximum absolute atomic E-state index is 12.5. The molecule has 3 rings (SSSR count). The van der Waals surface area contributed by atoms with E-state index in [1.165, 1.54) is 22.5 Å². The number of nitrogens with zero attached hydrogens (tertiary/aromatic N) is 1. The molecule has 1 atom stereocenters. The Bertz CT molecular complexity index is 798. The van der Waals surface area contributed by atoms with E-state index in [9.17, 15) is 9.59 Å². The number of rotatable bonds is 5. The van der Waals surface area contributed by atoms with Crippen molar-refractivity contribution in [3.63, 3.8) is 0 Å². The van der Waals surface area contributed by atoms with Crippen LogP contribution in [0.3, 0.4) is 0 Å². The summed E-state index contributed by atoms with van der Waals surface area (Å²) in [6.45, 7) is 3.43. The van der Waals surface area contributed by atoms with Crippen molar-refractivity contribution in [3.8, 4) is 0 Å². The number of carbonyl (C=O) groups is 2. The van der Waals surface area contributed by atoms with Crippen LogP contribution < -0.4 is 11.1 Å². The lowest BCUT2D eigenvalue weighted by molar-refractivity contribution is -0.120. The molecular formula is C19H21N3O2S. The first kappa shape index (κ1) is 17.4. The zero-order valence-electron chi connectivity index (χ0n) is 14.1. The van der Waals surface area contributed by atoms with E-state index in [1.807, 2.05) is 25.1 Å². The second-order valence-electron chi connectivity index (χ2n) is 6.03. The first-order valence-electron chi connectivity index (χ1n) is 8.23. The summed E-state index contributed by atoms with van der Waals surface area (Å²) in [7, 11) is 0. The van der Waals surface area contributed by atoms with Crippen LogP contribution in [0.25, 0.3) is 5.57 Å². The average Bonchev–Trinajstić information content (AvgIpc) is 3.10. The van der Waals surface area contributed by atoms with Gasteiger partial charge in [0.2, 0.25) is 5.91 Å². The SMILES string of the molecule is C[C@H](C(=O)Nc1sccc1C(N)=O)N1CC=C(c2ccccc2)CC1. The van der Waals surface area contributed by atoms with E-state index in [1.54, 1.807) is 11.4 Å².